The van der Waals surface area contributed by atoms with Crippen molar-refractivity contribution in [2.75, 3.05) is 9.80 Å². The summed E-state index contributed by atoms with van der Waals surface area (Å²) < 4.78 is 50.8. The highest BCUT2D eigenvalue weighted by Gasteiger charge is 2.65. The standard InChI is InChI=1S/C60H52F3N3O/c1-35(2)46-31-41(40-24-22-39(23-25-40)38-15-9-8-10-16-38)32-47(36(3)4)55(46)65-51-19-13-14-20-52(51)66-57(65)54-49(59(66)48-18-12-11-17-45(48)50-30-21-37(5)34-64(50)59)29-28-44-43-27-26-42(33-53(43)67-56(44)54)58(6,7)60(61,62)63/h8-36,50,57H,1-7H3. The van der Waals surface area contributed by atoms with Crippen LogP contribution in [0.25, 0.3) is 44.2 Å². The summed E-state index contributed by atoms with van der Waals surface area (Å²) in [6.45, 7) is 13.8. The van der Waals surface area contributed by atoms with E-state index in [9.17, 15) is 13.2 Å². The first kappa shape index (κ1) is 41.4. The fraction of sp³-hybridized carbons (Fsp3) is 0.233. The quantitative estimate of drug-likeness (QED) is 0.166. The van der Waals surface area contributed by atoms with Crippen molar-refractivity contribution in [1.82, 2.24) is 4.90 Å². The molecule has 0 bridgehead atoms. The molecule has 3 unspecified atom stereocenters. The largest absolute Gasteiger partial charge is 0.456 e. The van der Waals surface area contributed by atoms with Gasteiger partial charge in [-0.3, -0.25) is 0 Å². The number of para-hydroxylation sites is 2. The zero-order valence-electron chi connectivity index (χ0n) is 38.8. The number of alkyl halides is 3. The molecular formula is C60H52F3N3O. The molecule has 0 aliphatic carbocycles. The highest BCUT2D eigenvalue weighted by molar-refractivity contribution is 6.08. The molecule has 4 nitrogen and oxygen atoms in total. The summed E-state index contributed by atoms with van der Waals surface area (Å²) in [6.07, 6.45) is 2.00. The van der Waals surface area contributed by atoms with Crippen LogP contribution in [0.3, 0.4) is 0 Å². The highest BCUT2D eigenvalue weighted by Crippen LogP contribution is 2.69. The lowest BCUT2D eigenvalue weighted by Crippen LogP contribution is -2.52. The lowest BCUT2D eigenvalue weighted by molar-refractivity contribution is -0.180. The van der Waals surface area contributed by atoms with Gasteiger partial charge in [-0.1, -0.05) is 155 Å². The molecule has 0 N–H and O–H groups in total. The molecule has 3 atom stereocenters. The molecule has 67 heavy (non-hydrogen) atoms. The first-order valence-corrected chi connectivity index (χ1v) is 23.5. The molecular weight excluding hydrogens is 836 g/mol. The van der Waals surface area contributed by atoms with E-state index in [1.54, 1.807) is 12.1 Å². The Balaban J connectivity index is 1.15. The Labute approximate surface area is 390 Å². The summed E-state index contributed by atoms with van der Waals surface area (Å²) in [4.78, 5) is 7.75. The van der Waals surface area contributed by atoms with Crippen LogP contribution in [0, 0.1) is 0 Å². The highest BCUT2D eigenvalue weighted by atomic mass is 19.4. The second-order valence-corrected chi connectivity index (χ2v) is 20.0. The number of nitrogens with zero attached hydrogens (tertiary/aromatic N) is 3. The first-order chi connectivity index (χ1) is 32.2. The molecule has 1 aromatic heterocycles. The SMILES string of the molecule is CC1=CN2C(C=C1)c1ccccc1C21c2ccc3c(oc4cc(C(C)(C)C(F)(F)F)ccc43)c2C2N(c3c(C(C)C)cc(-c4ccc(-c5ccccc5)cc4)cc3C(C)C)c3ccccc3N21. The van der Waals surface area contributed by atoms with Crippen molar-refractivity contribution in [2.45, 2.75) is 89.8 Å². The van der Waals surface area contributed by atoms with Crippen molar-refractivity contribution < 1.29 is 17.6 Å². The van der Waals surface area contributed by atoms with Crippen LogP contribution < -0.4 is 9.80 Å². The third kappa shape index (κ3) is 5.73. The Morgan fingerprint density at radius 2 is 1.24 bits per heavy atom. The summed E-state index contributed by atoms with van der Waals surface area (Å²) in [5.74, 6) is 0.304. The molecule has 8 aromatic rings. The number of furan rings is 1. The predicted molar refractivity (Wildman–Crippen MR) is 267 cm³/mol. The van der Waals surface area contributed by atoms with Gasteiger partial charge in [0, 0.05) is 33.7 Å². The average Bonchev–Trinajstić information content (AvgIpc) is 4.04. The molecule has 0 fully saturated rings. The molecule has 7 aromatic carbocycles. The van der Waals surface area contributed by atoms with Gasteiger partial charge in [-0.15, -0.1) is 0 Å². The molecule has 5 heterocycles. The number of hydrogen-bond donors (Lipinski definition) is 0. The van der Waals surface area contributed by atoms with E-state index in [1.807, 2.05) is 12.1 Å². The molecule has 0 saturated carbocycles. The second-order valence-electron chi connectivity index (χ2n) is 20.0. The fourth-order valence-electron chi connectivity index (χ4n) is 11.7. The van der Waals surface area contributed by atoms with Crippen molar-refractivity contribution >= 4 is 39.0 Å². The zero-order chi connectivity index (χ0) is 46.3. The normalized spacial score (nSPS) is 19.5. The molecule has 0 saturated heterocycles. The van der Waals surface area contributed by atoms with Gasteiger partial charge in [-0.2, -0.15) is 13.2 Å². The maximum absolute atomic E-state index is 14.6. The average molecular weight is 888 g/mol. The van der Waals surface area contributed by atoms with Crippen LogP contribution >= 0.6 is 0 Å². The molecule has 12 rings (SSSR count). The molecule has 4 aliphatic rings. The van der Waals surface area contributed by atoms with Gasteiger partial charge < -0.3 is 19.1 Å². The number of hydrogen-bond acceptors (Lipinski definition) is 4. The van der Waals surface area contributed by atoms with Gasteiger partial charge in [-0.25, -0.2) is 0 Å². The Hall–Kier alpha value is -6.99. The van der Waals surface area contributed by atoms with Crippen LogP contribution in [-0.2, 0) is 11.1 Å². The van der Waals surface area contributed by atoms with E-state index in [4.69, 9.17) is 4.42 Å². The maximum Gasteiger partial charge on any atom is 0.397 e. The van der Waals surface area contributed by atoms with Crippen LogP contribution in [0.4, 0.5) is 30.2 Å². The Kier molecular flexibility index (Phi) is 8.97. The minimum atomic E-state index is -4.44. The first-order valence-electron chi connectivity index (χ1n) is 23.5. The van der Waals surface area contributed by atoms with Gasteiger partial charge in [0.25, 0.3) is 0 Å². The molecule has 334 valence electrons. The molecule has 4 aliphatic heterocycles. The zero-order valence-corrected chi connectivity index (χ0v) is 38.8. The van der Waals surface area contributed by atoms with Crippen LogP contribution in [0.2, 0.25) is 0 Å². The van der Waals surface area contributed by atoms with Crippen LogP contribution in [0.15, 0.2) is 174 Å². The molecule has 7 heteroatoms. The Morgan fingerprint density at radius 3 is 1.93 bits per heavy atom. The number of benzene rings is 7. The lowest BCUT2D eigenvalue weighted by atomic mass is 9.83. The monoisotopic (exact) mass is 887 g/mol. The van der Waals surface area contributed by atoms with Crippen molar-refractivity contribution in [3.8, 4) is 22.3 Å². The minimum Gasteiger partial charge on any atom is -0.456 e. The van der Waals surface area contributed by atoms with E-state index in [0.29, 0.717) is 11.2 Å². The van der Waals surface area contributed by atoms with Gasteiger partial charge in [0.2, 0.25) is 0 Å². The summed E-state index contributed by atoms with van der Waals surface area (Å²) >= 11 is 0. The number of rotatable bonds is 6. The number of halogens is 3. The summed E-state index contributed by atoms with van der Waals surface area (Å²) in [5, 5.41) is 1.68. The van der Waals surface area contributed by atoms with Crippen LogP contribution in [0.1, 0.15) is 111 Å². The fourth-order valence-corrected chi connectivity index (χ4v) is 11.7. The van der Waals surface area contributed by atoms with Gasteiger partial charge >= 0.3 is 6.18 Å². The van der Waals surface area contributed by atoms with Crippen molar-refractivity contribution in [2.24, 2.45) is 0 Å². The summed E-state index contributed by atoms with van der Waals surface area (Å²) in [7, 11) is 0. The Morgan fingerprint density at radius 1 is 0.627 bits per heavy atom. The third-order valence-electron chi connectivity index (χ3n) is 15.2. The maximum atomic E-state index is 14.6. The summed E-state index contributed by atoms with van der Waals surface area (Å²) in [6, 6.07) is 51.3. The third-order valence-corrected chi connectivity index (χ3v) is 15.2. The Bertz CT molecular complexity index is 3350. The van der Waals surface area contributed by atoms with Crippen molar-refractivity contribution in [1.29, 1.82) is 0 Å². The molecule has 0 amide bonds. The van der Waals surface area contributed by atoms with Crippen LogP contribution in [-0.4, -0.2) is 11.1 Å². The van der Waals surface area contributed by atoms with Gasteiger partial charge in [-0.05, 0) is 113 Å². The van der Waals surface area contributed by atoms with E-state index < -0.39 is 23.4 Å². The minimum absolute atomic E-state index is 0.0312. The smallest absolute Gasteiger partial charge is 0.397 e. The van der Waals surface area contributed by atoms with Crippen LogP contribution in [0.5, 0.6) is 0 Å². The van der Waals surface area contributed by atoms with Gasteiger partial charge in [0.05, 0.1) is 28.5 Å². The second kappa shape index (κ2) is 14.5. The van der Waals surface area contributed by atoms with Crippen molar-refractivity contribution in [3.63, 3.8) is 0 Å². The van der Waals surface area contributed by atoms with E-state index in [1.165, 1.54) is 58.5 Å². The summed E-state index contributed by atoms with van der Waals surface area (Å²) in [5.41, 5.74) is 14.7. The van der Waals surface area contributed by atoms with E-state index in [0.717, 1.165) is 44.4 Å². The van der Waals surface area contributed by atoms with E-state index in [2.05, 4.69) is 189 Å². The molecule has 1 spiro atoms. The topological polar surface area (TPSA) is 22.9 Å². The van der Waals surface area contributed by atoms with Gasteiger partial charge in [0.15, 0.2) is 5.66 Å². The molecule has 0 radical (unpaired) electrons. The predicted octanol–water partition coefficient (Wildman–Crippen LogP) is 16.7. The van der Waals surface area contributed by atoms with E-state index in [-0.39, 0.29) is 23.4 Å². The van der Waals surface area contributed by atoms with Gasteiger partial charge in [0.1, 0.15) is 17.3 Å². The number of allylic oxidation sites excluding steroid dienone is 2. The number of fused-ring (bicyclic) bond motifs is 16. The van der Waals surface area contributed by atoms with Crippen molar-refractivity contribution in [3.05, 3.63) is 208 Å². The van der Waals surface area contributed by atoms with E-state index >= 15 is 0 Å². The lowest BCUT2D eigenvalue weighted by Gasteiger charge is -2.47. The number of anilines is 3.